The van der Waals surface area contributed by atoms with Crippen molar-refractivity contribution < 1.29 is 4.79 Å². The number of anilines is 1. The highest BCUT2D eigenvalue weighted by atomic mass is 79.9. The number of carbonyl (C=O) groups excluding carboxylic acids is 1. The normalized spacial score (nSPS) is 10.3. The van der Waals surface area contributed by atoms with Gasteiger partial charge in [-0.3, -0.25) is 9.78 Å². The zero-order chi connectivity index (χ0) is 15.4. The van der Waals surface area contributed by atoms with Crippen LogP contribution in [0.5, 0.6) is 0 Å². The SMILES string of the molecule is Cc1cc(CNC(=O)c2cncc(Br)c2)nc(N(C)C)n1. The Bertz CT molecular complexity index is 660. The third-order valence-corrected chi connectivity index (χ3v) is 3.13. The molecule has 0 spiro atoms. The molecule has 2 aromatic heterocycles. The first kappa shape index (κ1) is 15.4. The van der Waals surface area contributed by atoms with Crippen LogP contribution in [0.4, 0.5) is 5.95 Å². The molecule has 21 heavy (non-hydrogen) atoms. The summed E-state index contributed by atoms with van der Waals surface area (Å²) in [5, 5.41) is 2.83. The fourth-order valence-corrected chi connectivity index (χ4v) is 2.08. The molecule has 0 unspecified atom stereocenters. The first-order valence-electron chi connectivity index (χ1n) is 6.36. The van der Waals surface area contributed by atoms with Crippen LogP contribution < -0.4 is 10.2 Å². The van der Waals surface area contributed by atoms with Crippen LogP contribution >= 0.6 is 15.9 Å². The van der Waals surface area contributed by atoms with Gasteiger partial charge in [0.1, 0.15) is 0 Å². The van der Waals surface area contributed by atoms with E-state index in [1.807, 2.05) is 32.0 Å². The molecular weight excluding hydrogens is 334 g/mol. The predicted molar refractivity (Wildman–Crippen MR) is 84.2 cm³/mol. The van der Waals surface area contributed by atoms with E-state index < -0.39 is 0 Å². The van der Waals surface area contributed by atoms with Gasteiger partial charge in [0, 0.05) is 36.7 Å². The Kier molecular flexibility index (Phi) is 4.85. The molecule has 0 aliphatic rings. The standard InChI is InChI=1S/C14H16BrN5O/c1-9-4-12(19-14(18-9)20(2)3)8-17-13(21)10-5-11(15)7-16-6-10/h4-7H,8H2,1-3H3,(H,17,21). The van der Waals surface area contributed by atoms with Crippen LogP contribution in [-0.2, 0) is 6.54 Å². The molecule has 0 aliphatic carbocycles. The van der Waals surface area contributed by atoms with Gasteiger partial charge in [0.2, 0.25) is 5.95 Å². The van der Waals surface area contributed by atoms with Crippen molar-refractivity contribution in [3.8, 4) is 0 Å². The molecule has 2 heterocycles. The maximum atomic E-state index is 12.0. The van der Waals surface area contributed by atoms with Gasteiger partial charge < -0.3 is 10.2 Å². The number of nitrogens with one attached hydrogen (secondary N) is 1. The summed E-state index contributed by atoms with van der Waals surface area (Å²) in [5.74, 6) is 0.440. The number of carbonyl (C=O) groups is 1. The van der Waals surface area contributed by atoms with E-state index in [0.29, 0.717) is 18.1 Å². The minimum absolute atomic E-state index is 0.188. The Morgan fingerprint density at radius 2 is 2.05 bits per heavy atom. The lowest BCUT2D eigenvalue weighted by Crippen LogP contribution is -2.24. The van der Waals surface area contributed by atoms with Crippen molar-refractivity contribution >= 4 is 27.8 Å². The smallest absolute Gasteiger partial charge is 0.253 e. The zero-order valence-electron chi connectivity index (χ0n) is 12.1. The molecule has 0 bridgehead atoms. The second kappa shape index (κ2) is 6.62. The third-order valence-electron chi connectivity index (χ3n) is 2.69. The molecular formula is C14H16BrN5O. The quantitative estimate of drug-likeness (QED) is 0.913. The van der Waals surface area contributed by atoms with Crippen LogP contribution in [0.1, 0.15) is 21.7 Å². The molecule has 0 saturated heterocycles. The molecule has 7 heteroatoms. The number of nitrogens with zero attached hydrogens (tertiary/aromatic N) is 4. The molecule has 0 fully saturated rings. The first-order chi connectivity index (χ1) is 9.95. The van der Waals surface area contributed by atoms with E-state index in [0.717, 1.165) is 15.9 Å². The Morgan fingerprint density at radius 3 is 2.71 bits per heavy atom. The molecule has 0 radical (unpaired) electrons. The number of amides is 1. The maximum Gasteiger partial charge on any atom is 0.253 e. The van der Waals surface area contributed by atoms with Crippen molar-refractivity contribution in [3.63, 3.8) is 0 Å². The van der Waals surface area contributed by atoms with Gasteiger partial charge in [-0.05, 0) is 35.0 Å². The van der Waals surface area contributed by atoms with Crippen molar-refractivity contribution in [2.75, 3.05) is 19.0 Å². The Balaban J connectivity index is 2.08. The average Bonchev–Trinajstić information content (AvgIpc) is 2.44. The fraction of sp³-hybridized carbons (Fsp3) is 0.286. The summed E-state index contributed by atoms with van der Waals surface area (Å²) >= 11 is 3.29. The number of hydrogen-bond acceptors (Lipinski definition) is 5. The van der Waals surface area contributed by atoms with Gasteiger partial charge >= 0.3 is 0 Å². The predicted octanol–water partition coefficient (Wildman–Crippen LogP) is 1.94. The van der Waals surface area contributed by atoms with Crippen molar-refractivity contribution in [1.29, 1.82) is 0 Å². The molecule has 2 aromatic rings. The van der Waals surface area contributed by atoms with Crippen LogP contribution in [0.2, 0.25) is 0 Å². The number of halogens is 1. The summed E-state index contributed by atoms with van der Waals surface area (Å²) in [6.45, 7) is 2.24. The van der Waals surface area contributed by atoms with Gasteiger partial charge in [-0.2, -0.15) is 0 Å². The number of aryl methyl sites for hydroxylation is 1. The van der Waals surface area contributed by atoms with Crippen LogP contribution in [0, 0.1) is 6.92 Å². The summed E-state index contributed by atoms with van der Waals surface area (Å²) in [4.78, 5) is 26.6. The van der Waals surface area contributed by atoms with Gasteiger partial charge in [0.05, 0.1) is 17.8 Å². The number of rotatable bonds is 4. The Hall–Kier alpha value is -2.02. The lowest BCUT2D eigenvalue weighted by molar-refractivity contribution is 0.0950. The van der Waals surface area contributed by atoms with Crippen LogP contribution in [0.15, 0.2) is 29.0 Å². The number of hydrogen-bond donors (Lipinski definition) is 1. The highest BCUT2D eigenvalue weighted by molar-refractivity contribution is 9.10. The van der Waals surface area contributed by atoms with Gasteiger partial charge in [-0.25, -0.2) is 9.97 Å². The minimum atomic E-state index is -0.188. The molecule has 0 atom stereocenters. The maximum absolute atomic E-state index is 12.0. The van der Waals surface area contributed by atoms with Gasteiger partial charge in [0.15, 0.2) is 0 Å². The Morgan fingerprint density at radius 1 is 1.29 bits per heavy atom. The molecule has 0 saturated carbocycles. The molecule has 0 aromatic carbocycles. The molecule has 1 amide bonds. The monoisotopic (exact) mass is 349 g/mol. The van der Waals surface area contributed by atoms with Crippen molar-refractivity contribution in [3.05, 3.63) is 46.0 Å². The fourth-order valence-electron chi connectivity index (χ4n) is 1.72. The zero-order valence-corrected chi connectivity index (χ0v) is 13.7. The largest absolute Gasteiger partial charge is 0.347 e. The molecule has 2 rings (SSSR count). The van der Waals surface area contributed by atoms with Gasteiger partial charge in [0.25, 0.3) is 5.91 Å². The highest BCUT2D eigenvalue weighted by Gasteiger charge is 2.08. The number of aromatic nitrogens is 3. The topological polar surface area (TPSA) is 71.0 Å². The van der Waals surface area contributed by atoms with E-state index in [1.165, 1.54) is 6.20 Å². The van der Waals surface area contributed by atoms with Gasteiger partial charge in [-0.15, -0.1) is 0 Å². The second-order valence-electron chi connectivity index (χ2n) is 4.77. The first-order valence-corrected chi connectivity index (χ1v) is 7.15. The van der Waals surface area contributed by atoms with E-state index >= 15 is 0 Å². The van der Waals surface area contributed by atoms with E-state index in [2.05, 4.69) is 36.2 Å². The number of pyridine rings is 1. The van der Waals surface area contributed by atoms with Crippen LogP contribution in [-0.4, -0.2) is 35.0 Å². The van der Waals surface area contributed by atoms with E-state index in [1.54, 1.807) is 12.3 Å². The highest BCUT2D eigenvalue weighted by Crippen LogP contribution is 2.10. The van der Waals surface area contributed by atoms with Crippen molar-refractivity contribution in [2.24, 2.45) is 0 Å². The Labute approximate surface area is 131 Å². The summed E-state index contributed by atoms with van der Waals surface area (Å²) in [6.07, 6.45) is 3.16. The van der Waals surface area contributed by atoms with E-state index in [4.69, 9.17) is 0 Å². The molecule has 6 nitrogen and oxygen atoms in total. The molecule has 1 N–H and O–H groups in total. The van der Waals surface area contributed by atoms with E-state index in [9.17, 15) is 4.79 Å². The molecule has 0 aliphatic heterocycles. The average molecular weight is 350 g/mol. The minimum Gasteiger partial charge on any atom is -0.347 e. The van der Waals surface area contributed by atoms with E-state index in [-0.39, 0.29) is 5.91 Å². The van der Waals surface area contributed by atoms with Crippen molar-refractivity contribution in [1.82, 2.24) is 20.3 Å². The summed E-state index contributed by atoms with van der Waals surface area (Å²) in [5.41, 5.74) is 2.13. The second-order valence-corrected chi connectivity index (χ2v) is 5.69. The molecule has 110 valence electrons. The van der Waals surface area contributed by atoms with Gasteiger partial charge in [-0.1, -0.05) is 0 Å². The van der Waals surface area contributed by atoms with Crippen LogP contribution in [0.3, 0.4) is 0 Å². The summed E-state index contributed by atoms with van der Waals surface area (Å²) in [7, 11) is 3.76. The lowest BCUT2D eigenvalue weighted by Gasteiger charge is -2.12. The summed E-state index contributed by atoms with van der Waals surface area (Å²) in [6, 6.07) is 3.57. The summed E-state index contributed by atoms with van der Waals surface area (Å²) < 4.78 is 0.767. The van der Waals surface area contributed by atoms with Crippen molar-refractivity contribution in [2.45, 2.75) is 13.5 Å². The lowest BCUT2D eigenvalue weighted by atomic mass is 10.2. The third kappa shape index (κ3) is 4.22. The van der Waals surface area contributed by atoms with Crippen LogP contribution in [0.25, 0.3) is 0 Å².